The molecule has 26 heavy (non-hydrogen) atoms. The van der Waals surface area contributed by atoms with Gasteiger partial charge in [0.1, 0.15) is 0 Å². The van der Waals surface area contributed by atoms with E-state index in [9.17, 15) is 4.79 Å². The molecule has 0 saturated heterocycles. The van der Waals surface area contributed by atoms with Gasteiger partial charge in [-0.3, -0.25) is 0 Å². The van der Waals surface area contributed by atoms with E-state index in [1.165, 1.54) is 12.7 Å². The van der Waals surface area contributed by atoms with E-state index in [1.807, 2.05) is 18.2 Å². The van der Waals surface area contributed by atoms with Gasteiger partial charge in [0, 0.05) is 12.2 Å². The van der Waals surface area contributed by atoms with Gasteiger partial charge in [-0.2, -0.15) is 10.1 Å². The van der Waals surface area contributed by atoms with Gasteiger partial charge in [-0.15, -0.1) is 5.10 Å². The fraction of sp³-hybridized carbons (Fsp3) is 0.158. The van der Waals surface area contributed by atoms with Crippen molar-refractivity contribution >= 4 is 29.1 Å². The third-order valence-corrected chi connectivity index (χ3v) is 4.29. The van der Waals surface area contributed by atoms with Gasteiger partial charge in [0.05, 0.1) is 24.6 Å². The maximum Gasteiger partial charge on any atom is 0.339 e. The average Bonchev–Trinajstić information content (AvgIpc) is 3.12. The van der Waals surface area contributed by atoms with Crippen LogP contribution in [-0.4, -0.2) is 34.8 Å². The molecule has 0 aliphatic carbocycles. The van der Waals surface area contributed by atoms with E-state index in [2.05, 4.69) is 37.5 Å². The largest absolute Gasteiger partial charge is 0.465 e. The van der Waals surface area contributed by atoms with Gasteiger partial charge < -0.3 is 15.0 Å². The highest BCUT2D eigenvalue weighted by atomic mass is 16.5. The number of carbonyl (C=O) groups is 1. The predicted octanol–water partition coefficient (Wildman–Crippen LogP) is 3.10. The summed E-state index contributed by atoms with van der Waals surface area (Å²) in [5.74, 6) is 0.608. The molecule has 4 rings (SSSR count). The Bertz CT molecular complexity index is 960. The van der Waals surface area contributed by atoms with Gasteiger partial charge in [0.15, 0.2) is 5.82 Å². The minimum absolute atomic E-state index is 0.322. The van der Waals surface area contributed by atoms with Crippen molar-refractivity contribution in [2.45, 2.75) is 6.42 Å². The second-order valence-electron chi connectivity index (χ2n) is 5.83. The molecule has 0 saturated carbocycles. The Kier molecular flexibility index (Phi) is 4.18. The third kappa shape index (κ3) is 2.95. The lowest BCUT2D eigenvalue weighted by Crippen LogP contribution is -2.16. The summed E-state index contributed by atoms with van der Waals surface area (Å²) >= 11 is 0. The van der Waals surface area contributed by atoms with Crippen LogP contribution >= 0.6 is 0 Å². The highest BCUT2D eigenvalue weighted by Gasteiger charge is 2.21. The molecule has 0 atom stereocenters. The molecule has 1 N–H and O–H groups in total. The molecular formula is C19H17N5O2. The summed E-state index contributed by atoms with van der Waals surface area (Å²) in [7, 11) is 1.35. The van der Waals surface area contributed by atoms with Crippen molar-refractivity contribution in [2.24, 2.45) is 0 Å². The summed E-state index contributed by atoms with van der Waals surface area (Å²) < 4.78 is 4.82. The number of ether oxygens (including phenoxy) is 1. The van der Waals surface area contributed by atoms with Gasteiger partial charge in [0.25, 0.3) is 0 Å². The summed E-state index contributed by atoms with van der Waals surface area (Å²) in [6.07, 6.45) is 2.60. The first kappa shape index (κ1) is 16.0. The van der Waals surface area contributed by atoms with Crippen molar-refractivity contribution in [3.05, 3.63) is 65.9 Å². The van der Waals surface area contributed by atoms with Crippen LogP contribution in [0.4, 0.5) is 23.1 Å². The zero-order chi connectivity index (χ0) is 17.9. The Balaban J connectivity index is 1.63. The number of rotatable bonds is 4. The maximum absolute atomic E-state index is 11.9. The molecule has 1 aliphatic heterocycles. The smallest absolute Gasteiger partial charge is 0.339 e. The van der Waals surface area contributed by atoms with Crippen molar-refractivity contribution in [3.63, 3.8) is 0 Å². The third-order valence-electron chi connectivity index (χ3n) is 4.29. The number of anilines is 4. The number of carbonyl (C=O) groups excluding carboxylic acids is 1. The lowest BCUT2D eigenvalue weighted by atomic mass is 10.2. The molecule has 0 radical (unpaired) electrons. The van der Waals surface area contributed by atoms with E-state index in [0.29, 0.717) is 23.0 Å². The minimum atomic E-state index is -0.425. The average molecular weight is 347 g/mol. The number of methoxy groups -OCH3 is 1. The monoisotopic (exact) mass is 347 g/mol. The van der Waals surface area contributed by atoms with Crippen molar-refractivity contribution in [3.8, 4) is 0 Å². The molecular weight excluding hydrogens is 330 g/mol. The Morgan fingerprint density at radius 1 is 1.15 bits per heavy atom. The van der Waals surface area contributed by atoms with Crippen molar-refractivity contribution < 1.29 is 9.53 Å². The number of hydrogen-bond donors (Lipinski definition) is 1. The van der Waals surface area contributed by atoms with E-state index in [0.717, 1.165) is 18.7 Å². The van der Waals surface area contributed by atoms with Gasteiger partial charge in [0.2, 0.25) is 5.95 Å². The zero-order valence-corrected chi connectivity index (χ0v) is 14.2. The Hall–Kier alpha value is -3.48. The number of esters is 1. The molecule has 0 amide bonds. The van der Waals surface area contributed by atoms with E-state index in [1.54, 1.807) is 24.4 Å². The summed E-state index contributed by atoms with van der Waals surface area (Å²) in [6, 6.07) is 15.3. The summed E-state index contributed by atoms with van der Waals surface area (Å²) in [5, 5.41) is 11.2. The predicted molar refractivity (Wildman–Crippen MR) is 98.0 cm³/mol. The van der Waals surface area contributed by atoms with Crippen LogP contribution in [0.3, 0.4) is 0 Å². The molecule has 0 bridgehead atoms. The number of fused-ring (bicyclic) bond motifs is 1. The first-order valence-corrected chi connectivity index (χ1v) is 8.26. The van der Waals surface area contributed by atoms with Gasteiger partial charge >= 0.3 is 5.97 Å². The normalized spacial score (nSPS) is 12.6. The zero-order valence-electron chi connectivity index (χ0n) is 14.2. The van der Waals surface area contributed by atoms with Crippen LogP contribution in [0.15, 0.2) is 54.7 Å². The van der Waals surface area contributed by atoms with Crippen LogP contribution < -0.4 is 10.2 Å². The number of aromatic nitrogens is 3. The molecule has 130 valence electrons. The van der Waals surface area contributed by atoms with E-state index < -0.39 is 5.97 Å². The second kappa shape index (κ2) is 6.79. The Morgan fingerprint density at radius 3 is 2.85 bits per heavy atom. The number of hydrogen-bond acceptors (Lipinski definition) is 7. The maximum atomic E-state index is 11.9. The van der Waals surface area contributed by atoms with Crippen LogP contribution in [0.1, 0.15) is 15.9 Å². The molecule has 1 aliphatic rings. The van der Waals surface area contributed by atoms with Crippen LogP contribution in [-0.2, 0) is 11.2 Å². The van der Waals surface area contributed by atoms with Gasteiger partial charge in [-0.25, -0.2) is 4.79 Å². The summed E-state index contributed by atoms with van der Waals surface area (Å²) in [5.41, 5.74) is 3.40. The Labute approximate surface area is 150 Å². The lowest BCUT2D eigenvalue weighted by molar-refractivity contribution is 0.0602. The topological polar surface area (TPSA) is 80.2 Å². The number of nitrogens with one attached hydrogen (secondary N) is 1. The molecule has 0 unspecified atom stereocenters. The van der Waals surface area contributed by atoms with Crippen LogP contribution in [0.2, 0.25) is 0 Å². The fourth-order valence-electron chi connectivity index (χ4n) is 3.05. The summed E-state index contributed by atoms with van der Waals surface area (Å²) in [4.78, 5) is 18.6. The van der Waals surface area contributed by atoms with Crippen molar-refractivity contribution in [2.75, 3.05) is 23.9 Å². The first-order chi connectivity index (χ1) is 12.8. The molecule has 0 spiro atoms. The molecule has 7 heteroatoms. The number of nitrogens with zero attached hydrogens (tertiary/aromatic N) is 4. The molecule has 3 aromatic rings. The number of para-hydroxylation sites is 2. The van der Waals surface area contributed by atoms with E-state index in [4.69, 9.17) is 4.74 Å². The quantitative estimate of drug-likeness (QED) is 0.726. The minimum Gasteiger partial charge on any atom is -0.465 e. The Morgan fingerprint density at radius 2 is 1.96 bits per heavy atom. The van der Waals surface area contributed by atoms with Crippen molar-refractivity contribution in [1.29, 1.82) is 0 Å². The number of benzene rings is 2. The second-order valence-corrected chi connectivity index (χ2v) is 5.83. The van der Waals surface area contributed by atoms with Gasteiger partial charge in [-0.05, 0) is 30.2 Å². The highest BCUT2D eigenvalue weighted by molar-refractivity contribution is 5.96. The standard InChI is InChI=1S/C19H17N5O2/c1-26-18(25)14-7-3-4-8-15(14)21-19-22-17(12-20-23-19)24-11-10-13-6-2-5-9-16(13)24/h2-9,12H,10-11H2,1H3,(H,21,22,23). The molecule has 2 heterocycles. The fourth-order valence-corrected chi connectivity index (χ4v) is 3.05. The molecule has 7 nitrogen and oxygen atoms in total. The molecule has 1 aromatic heterocycles. The van der Waals surface area contributed by atoms with Crippen LogP contribution in [0.5, 0.6) is 0 Å². The first-order valence-electron chi connectivity index (χ1n) is 8.26. The van der Waals surface area contributed by atoms with E-state index >= 15 is 0 Å². The highest BCUT2D eigenvalue weighted by Crippen LogP contribution is 2.33. The lowest BCUT2D eigenvalue weighted by Gasteiger charge is -2.18. The van der Waals surface area contributed by atoms with Crippen molar-refractivity contribution in [1.82, 2.24) is 15.2 Å². The SMILES string of the molecule is COC(=O)c1ccccc1Nc1nncc(N2CCc3ccccc32)n1. The van der Waals surface area contributed by atoms with E-state index in [-0.39, 0.29) is 0 Å². The molecule has 2 aromatic carbocycles. The molecule has 0 fully saturated rings. The summed E-state index contributed by atoms with van der Waals surface area (Å²) in [6.45, 7) is 0.843. The van der Waals surface area contributed by atoms with Crippen LogP contribution in [0.25, 0.3) is 0 Å². The van der Waals surface area contributed by atoms with Gasteiger partial charge in [-0.1, -0.05) is 30.3 Å². The van der Waals surface area contributed by atoms with Crippen LogP contribution in [0, 0.1) is 0 Å².